The summed E-state index contributed by atoms with van der Waals surface area (Å²) in [5, 5.41) is 2.59. The molecular formula is C10H15N3O3. The first-order valence-electron chi connectivity index (χ1n) is 5.05. The number of carbonyl (C=O) groups is 2. The van der Waals surface area contributed by atoms with Crippen molar-refractivity contribution in [3.05, 3.63) is 18.2 Å². The van der Waals surface area contributed by atoms with Gasteiger partial charge in [0.1, 0.15) is 5.69 Å². The van der Waals surface area contributed by atoms with Crippen molar-refractivity contribution >= 4 is 11.9 Å². The number of hydrogen-bond acceptors (Lipinski definition) is 4. The maximum atomic E-state index is 11.5. The van der Waals surface area contributed by atoms with Crippen molar-refractivity contribution in [2.45, 2.75) is 13.3 Å². The van der Waals surface area contributed by atoms with Gasteiger partial charge < -0.3 is 14.6 Å². The Bertz CT molecular complexity index is 373. The second-order valence-electron chi connectivity index (χ2n) is 3.24. The van der Waals surface area contributed by atoms with Crippen LogP contribution in [-0.2, 0) is 16.6 Å². The lowest BCUT2D eigenvalue weighted by Gasteiger charge is -2.02. The summed E-state index contributed by atoms with van der Waals surface area (Å²) in [5.41, 5.74) is 0.339. The molecule has 6 heteroatoms. The van der Waals surface area contributed by atoms with Crippen LogP contribution >= 0.6 is 0 Å². The number of hydrogen-bond donors (Lipinski definition) is 1. The fourth-order valence-corrected chi connectivity index (χ4v) is 1.13. The van der Waals surface area contributed by atoms with E-state index in [0.717, 1.165) is 0 Å². The number of ether oxygens (including phenoxy) is 1. The molecule has 0 saturated heterocycles. The molecule has 0 aliphatic heterocycles. The van der Waals surface area contributed by atoms with Gasteiger partial charge in [0.25, 0.3) is 5.91 Å². The number of aromatic nitrogens is 2. The summed E-state index contributed by atoms with van der Waals surface area (Å²) in [6.45, 7) is 2.35. The van der Waals surface area contributed by atoms with E-state index >= 15 is 0 Å². The number of aryl methyl sites for hydroxylation is 1. The van der Waals surface area contributed by atoms with Crippen LogP contribution in [0.15, 0.2) is 12.5 Å². The lowest BCUT2D eigenvalue weighted by atomic mass is 10.4. The average Bonchev–Trinajstić information content (AvgIpc) is 2.65. The summed E-state index contributed by atoms with van der Waals surface area (Å²) < 4.78 is 6.40. The summed E-state index contributed by atoms with van der Waals surface area (Å²) in [6.07, 6.45) is 3.33. The van der Waals surface area contributed by atoms with Gasteiger partial charge in [0.15, 0.2) is 0 Å². The van der Waals surface area contributed by atoms with E-state index in [2.05, 4.69) is 10.3 Å². The van der Waals surface area contributed by atoms with E-state index < -0.39 is 0 Å². The molecule has 1 rings (SSSR count). The summed E-state index contributed by atoms with van der Waals surface area (Å²) in [5.74, 6) is -0.603. The van der Waals surface area contributed by atoms with Crippen molar-refractivity contribution in [2.75, 3.05) is 13.2 Å². The summed E-state index contributed by atoms with van der Waals surface area (Å²) in [6, 6.07) is 0. The van der Waals surface area contributed by atoms with Crippen LogP contribution in [0.3, 0.4) is 0 Å². The molecule has 1 N–H and O–H groups in total. The monoisotopic (exact) mass is 225 g/mol. The zero-order valence-corrected chi connectivity index (χ0v) is 9.40. The van der Waals surface area contributed by atoms with Crippen molar-refractivity contribution in [1.82, 2.24) is 14.9 Å². The Labute approximate surface area is 93.6 Å². The second kappa shape index (κ2) is 5.89. The Morgan fingerprint density at radius 1 is 1.56 bits per heavy atom. The van der Waals surface area contributed by atoms with E-state index in [1.165, 1.54) is 0 Å². The van der Waals surface area contributed by atoms with Crippen molar-refractivity contribution in [2.24, 2.45) is 7.05 Å². The highest BCUT2D eigenvalue weighted by molar-refractivity contribution is 5.92. The normalized spacial score (nSPS) is 9.88. The fraction of sp³-hybridized carbons (Fsp3) is 0.500. The van der Waals surface area contributed by atoms with Crippen LogP contribution in [0.2, 0.25) is 0 Å². The molecule has 6 nitrogen and oxygen atoms in total. The Balaban J connectivity index is 2.28. The van der Waals surface area contributed by atoms with E-state index in [1.54, 1.807) is 31.1 Å². The summed E-state index contributed by atoms with van der Waals surface area (Å²) in [4.78, 5) is 26.3. The first kappa shape index (κ1) is 12.2. The predicted octanol–water partition coefficient (Wildman–Crippen LogP) is 0.103. The lowest BCUT2D eigenvalue weighted by molar-refractivity contribution is -0.142. The van der Waals surface area contributed by atoms with Crippen LogP contribution < -0.4 is 5.32 Å². The lowest BCUT2D eigenvalue weighted by Crippen LogP contribution is -2.26. The van der Waals surface area contributed by atoms with Gasteiger partial charge in [-0.2, -0.15) is 0 Å². The first-order valence-corrected chi connectivity index (χ1v) is 5.05. The minimum atomic E-state index is -0.316. The molecule has 0 fully saturated rings. The molecule has 0 spiro atoms. The number of imidazole rings is 1. The third kappa shape index (κ3) is 3.72. The van der Waals surface area contributed by atoms with Gasteiger partial charge in [0.2, 0.25) is 0 Å². The number of nitrogens with one attached hydrogen (secondary N) is 1. The summed E-state index contributed by atoms with van der Waals surface area (Å²) in [7, 11) is 1.78. The van der Waals surface area contributed by atoms with Gasteiger partial charge in [-0.15, -0.1) is 0 Å². The highest BCUT2D eigenvalue weighted by Gasteiger charge is 2.08. The maximum absolute atomic E-state index is 11.5. The zero-order chi connectivity index (χ0) is 12.0. The van der Waals surface area contributed by atoms with Gasteiger partial charge in [-0.25, -0.2) is 4.98 Å². The highest BCUT2D eigenvalue weighted by atomic mass is 16.5. The first-order chi connectivity index (χ1) is 7.63. The molecule has 1 aromatic rings. The van der Waals surface area contributed by atoms with Crippen LogP contribution in [0.5, 0.6) is 0 Å². The molecule has 1 heterocycles. The van der Waals surface area contributed by atoms with Crippen LogP contribution in [0.4, 0.5) is 0 Å². The molecule has 88 valence electrons. The van der Waals surface area contributed by atoms with Gasteiger partial charge in [-0.1, -0.05) is 0 Å². The Kier molecular flexibility index (Phi) is 4.50. The van der Waals surface area contributed by atoms with Gasteiger partial charge in [-0.3, -0.25) is 9.59 Å². The Morgan fingerprint density at radius 2 is 2.31 bits per heavy atom. The largest absolute Gasteiger partial charge is 0.466 e. The molecule has 1 amide bonds. The topological polar surface area (TPSA) is 73.2 Å². The van der Waals surface area contributed by atoms with Gasteiger partial charge >= 0.3 is 5.97 Å². The van der Waals surface area contributed by atoms with E-state index in [9.17, 15) is 9.59 Å². The molecule has 0 unspecified atom stereocenters. The molecule has 1 aromatic heterocycles. The number of carbonyl (C=O) groups excluding carboxylic acids is 2. The Morgan fingerprint density at radius 3 is 2.88 bits per heavy atom. The molecule has 0 radical (unpaired) electrons. The second-order valence-corrected chi connectivity index (χ2v) is 3.24. The van der Waals surface area contributed by atoms with Crippen molar-refractivity contribution in [1.29, 1.82) is 0 Å². The minimum absolute atomic E-state index is 0.173. The number of rotatable bonds is 5. The molecule has 0 bridgehead atoms. The minimum Gasteiger partial charge on any atom is -0.466 e. The molecular weight excluding hydrogens is 210 g/mol. The summed E-state index contributed by atoms with van der Waals surface area (Å²) >= 11 is 0. The molecule has 0 atom stereocenters. The average molecular weight is 225 g/mol. The SMILES string of the molecule is CCOC(=O)CCNC(=O)c1cn(C)cn1. The van der Waals surface area contributed by atoms with Gasteiger partial charge in [0, 0.05) is 19.8 Å². The third-order valence-corrected chi connectivity index (χ3v) is 1.86. The van der Waals surface area contributed by atoms with Crippen LogP contribution in [0.1, 0.15) is 23.8 Å². The van der Waals surface area contributed by atoms with Gasteiger partial charge in [-0.05, 0) is 6.92 Å². The molecule has 0 aliphatic rings. The zero-order valence-electron chi connectivity index (χ0n) is 9.40. The Hall–Kier alpha value is -1.85. The highest BCUT2D eigenvalue weighted by Crippen LogP contribution is 1.93. The standard InChI is InChI=1S/C10H15N3O3/c1-3-16-9(14)4-5-11-10(15)8-6-13(2)7-12-8/h6-7H,3-5H2,1-2H3,(H,11,15). The molecule has 16 heavy (non-hydrogen) atoms. The number of esters is 1. The van der Waals surface area contributed by atoms with E-state index in [4.69, 9.17) is 4.74 Å². The smallest absolute Gasteiger partial charge is 0.307 e. The van der Waals surface area contributed by atoms with Gasteiger partial charge in [0.05, 0.1) is 19.4 Å². The van der Waals surface area contributed by atoms with Crippen LogP contribution in [0, 0.1) is 0 Å². The number of amides is 1. The molecule has 0 aliphatic carbocycles. The number of nitrogens with zero attached hydrogens (tertiary/aromatic N) is 2. The van der Waals surface area contributed by atoms with Crippen molar-refractivity contribution in [3.8, 4) is 0 Å². The van der Waals surface area contributed by atoms with E-state index in [0.29, 0.717) is 12.3 Å². The predicted molar refractivity (Wildman–Crippen MR) is 56.8 cm³/mol. The molecule has 0 saturated carbocycles. The fourth-order valence-electron chi connectivity index (χ4n) is 1.13. The van der Waals surface area contributed by atoms with Crippen LogP contribution in [0.25, 0.3) is 0 Å². The van der Waals surface area contributed by atoms with Crippen LogP contribution in [-0.4, -0.2) is 34.6 Å². The quantitative estimate of drug-likeness (QED) is 0.721. The maximum Gasteiger partial charge on any atom is 0.307 e. The van der Waals surface area contributed by atoms with E-state index in [-0.39, 0.29) is 24.8 Å². The van der Waals surface area contributed by atoms with Crippen molar-refractivity contribution < 1.29 is 14.3 Å². The molecule has 0 aromatic carbocycles. The van der Waals surface area contributed by atoms with E-state index in [1.807, 2.05) is 0 Å². The third-order valence-electron chi connectivity index (χ3n) is 1.86. The van der Waals surface area contributed by atoms with Crippen molar-refractivity contribution in [3.63, 3.8) is 0 Å².